The summed E-state index contributed by atoms with van der Waals surface area (Å²) in [5, 5.41) is 2.90. The maximum absolute atomic E-state index is 12.2. The molecule has 0 fully saturated rings. The van der Waals surface area contributed by atoms with Crippen LogP contribution in [0.1, 0.15) is 15.9 Å². The van der Waals surface area contributed by atoms with Gasteiger partial charge in [-0.25, -0.2) is 0 Å². The molecule has 4 heteroatoms. The van der Waals surface area contributed by atoms with Crippen molar-refractivity contribution in [2.45, 2.75) is 11.8 Å². The fourth-order valence-corrected chi connectivity index (χ4v) is 2.52. The molecule has 0 saturated heterocycles. The van der Waals surface area contributed by atoms with Gasteiger partial charge in [0.25, 0.3) is 5.91 Å². The molecule has 1 N–H and O–H groups in total. The van der Waals surface area contributed by atoms with Crippen molar-refractivity contribution in [2.24, 2.45) is 0 Å². The van der Waals surface area contributed by atoms with E-state index in [1.165, 1.54) is 4.90 Å². The number of amides is 1. The van der Waals surface area contributed by atoms with Crippen LogP contribution in [0, 0.1) is 6.92 Å². The van der Waals surface area contributed by atoms with Crippen LogP contribution in [0.4, 0.5) is 5.69 Å². The van der Waals surface area contributed by atoms with Crippen LogP contribution in [-0.2, 0) is 0 Å². The second-order valence-electron chi connectivity index (χ2n) is 4.17. The van der Waals surface area contributed by atoms with Gasteiger partial charge in [-0.3, -0.25) is 4.79 Å². The molecule has 0 bridgehead atoms. The lowest BCUT2D eigenvalue weighted by Crippen LogP contribution is -2.12. The van der Waals surface area contributed by atoms with E-state index in [0.29, 0.717) is 5.56 Å². The summed E-state index contributed by atoms with van der Waals surface area (Å²) in [6.45, 7) is 1.97. The number of aryl methyl sites for hydroxylation is 1. The molecule has 0 saturated carbocycles. The van der Waals surface area contributed by atoms with Crippen molar-refractivity contribution in [2.75, 3.05) is 11.6 Å². The van der Waals surface area contributed by atoms with Gasteiger partial charge in [-0.2, -0.15) is 0 Å². The van der Waals surface area contributed by atoms with Gasteiger partial charge in [0.15, 0.2) is 0 Å². The molecule has 0 spiro atoms. The van der Waals surface area contributed by atoms with Crippen molar-refractivity contribution >= 4 is 39.3 Å². The van der Waals surface area contributed by atoms with Gasteiger partial charge in [-0.15, -0.1) is 11.8 Å². The normalized spacial score (nSPS) is 10.3. The highest BCUT2D eigenvalue weighted by Gasteiger charge is 2.10. The van der Waals surface area contributed by atoms with Crippen molar-refractivity contribution in [3.05, 3.63) is 58.1 Å². The molecular weight excluding hydrogens is 322 g/mol. The molecule has 98 valence electrons. The summed E-state index contributed by atoms with van der Waals surface area (Å²) in [7, 11) is 0. The summed E-state index contributed by atoms with van der Waals surface area (Å²) in [5.74, 6) is -0.104. The third kappa shape index (κ3) is 3.61. The first-order valence-corrected chi connectivity index (χ1v) is 7.83. The zero-order chi connectivity index (χ0) is 13.8. The SMILES string of the molecule is CSc1ccc(NC(=O)c2cc(C)ccc2Br)cc1. The van der Waals surface area contributed by atoms with Crippen LogP contribution < -0.4 is 5.32 Å². The van der Waals surface area contributed by atoms with Crippen molar-refractivity contribution in [3.8, 4) is 0 Å². The van der Waals surface area contributed by atoms with Gasteiger partial charge in [0.1, 0.15) is 0 Å². The van der Waals surface area contributed by atoms with Gasteiger partial charge < -0.3 is 5.32 Å². The molecule has 0 aliphatic carbocycles. The fourth-order valence-electron chi connectivity index (χ4n) is 1.69. The molecule has 0 aliphatic rings. The molecule has 0 radical (unpaired) electrons. The van der Waals surface area contributed by atoms with Gasteiger partial charge in [0.2, 0.25) is 0 Å². The number of thioether (sulfide) groups is 1. The lowest BCUT2D eigenvalue weighted by atomic mass is 10.1. The summed E-state index contributed by atoms with van der Waals surface area (Å²) >= 11 is 5.08. The fraction of sp³-hybridized carbons (Fsp3) is 0.133. The molecule has 2 aromatic rings. The second kappa shape index (κ2) is 6.26. The monoisotopic (exact) mass is 335 g/mol. The topological polar surface area (TPSA) is 29.1 Å². The Morgan fingerprint density at radius 1 is 1.16 bits per heavy atom. The predicted molar refractivity (Wildman–Crippen MR) is 85.1 cm³/mol. The standard InChI is InChI=1S/C15H14BrNOS/c1-10-3-8-14(16)13(9-10)15(18)17-11-4-6-12(19-2)7-5-11/h3-9H,1-2H3,(H,17,18). The van der Waals surface area contributed by atoms with Gasteiger partial charge in [-0.1, -0.05) is 11.6 Å². The van der Waals surface area contributed by atoms with E-state index in [4.69, 9.17) is 0 Å². The van der Waals surface area contributed by atoms with E-state index in [9.17, 15) is 4.79 Å². The van der Waals surface area contributed by atoms with Crippen LogP contribution in [0.15, 0.2) is 51.8 Å². The number of hydrogen-bond acceptors (Lipinski definition) is 2. The number of nitrogens with one attached hydrogen (secondary N) is 1. The molecular formula is C15H14BrNOS. The first kappa shape index (κ1) is 14.2. The smallest absolute Gasteiger partial charge is 0.256 e. The minimum atomic E-state index is -0.104. The Morgan fingerprint density at radius 2 is 1.84 bits per heavy atom. The number of carbonyl (C=O) groups excluding carboxylic acids is 1. The highest BCUT2D eigenvalue weighted by Crippen LogP contribution is 2.21. The van der Waals surface area contributed by atoms with E-state index in [1.54, 1.807) is 11.8 Å². The lowest BCUT2D eigenvalue weighted by Gasteiger charge is -2.08. The van der Waals surface area contributed by atoms with Gasteiger partial charge in [0, 0.05) is 15.1 Å². The number of rotatable bonds is 3. The zero-order valence-electron chi connectivity index (χ0n) is 10.7. The minimum Gasteiger partial charge on any atom is -0.322 e. The van der Waals surface area contributed by atoms with E-state index in [-0.39, 0.29) is 5.91 Å². The molecule has 0 aliphatic heterocycles. The van der Waals surface area contributed by atoms with E-state index in [1.807, 2.05) is 55.6 Å². The van der Waals surface area contributed by atoms with Gasteiger partial charge >= 0.3 is 0 Å². The quantitative estimate of drug-likeness (QED) is 0.821. The minimum absolute atomic E-state index is 0.104. The van der Waals surface area contributed by atoms with Crippen molar-refractivity contribution in [3.63, 3.8) is 0 Å². The number of carbonyl (C=O) groups is 1. The molecule has 2 rings (SSSR count). The highest BCUT2D eigenvalue weighted by atomic mass is 79.9. The Balaban J connectivity index is 2.18. The molecule has 0 aromatic heterocycles. The number of halogens is 1. The third-order valence-electron chi connectivity index (χ3n) is 2.71. The summed E-state index contributed by atoms with van der Waals surface area (Å²) in [6, 6.07) is 13.5. The summed E-state index contributed by atoms with van der Waals surface area (Å²) in [6.07, 6.45) is 2.03. The summed E-state index contributed by atoms with van der Waals surface area (Å²) in [4.78, 5) is 13.4. The molecule has 19 heavy (non-hydrogen) atoms. The largest absolute Gasteiger partial charge is 0.322 e. The Kier molecular flexibility index (Phi) is 4.66. The molecule has 0 heterocycles. The maximum Gasteiger partial charge on any atom is 0.256 e. The molecule has 2 nitrogen and oxygen atoms in total. The maximum atomic E-state index is 12.2. The van der Waals surface area contributed by atoms with Gasteiger partial charge in [0.05, 0.1) is 5.56 Å². The Morgan fingerprint density at radius 3 is 2.47 bits per heavy atom. The Bertz CT molecular complexity index is 596. The average Bonchev–Trinajstić information content (AvgIpc) is 2.42. The number of benzene rings is 2. The average molecular weight is 336 g/mol. The molecule has 0 unspecified atom stereocenters. The lowest BCUT2D eigenvalue weighted by molar-refractivity contribution is 0.102. The third-order valence-corrected chi connectivity index (χ3v) is 4.15. The van der Waals surface area contributed by atoms with Crippen LogP contribution in [0.25, 0.3) is 0 Å². The molecule has 0 atom stereocenters. The molecule has 1 amide bonds. The van der Waals surface area contributed by atoms with Crippen LogP contribution in [-0.4, -0.2) is 12.2 Å². The second-order valence-corrected chi connectivity index (χ2v) is 5.90. The van der Waals surface area contributed by atoms with Crippen LogP contribution in [0.5, 0.6) is 0 Å². The van der Waals surface area contributed by atoms with Crippen LogP contribution >= 0.6 is 27.7 Å². The number of hydrogen-bond donors (Lipinski definition) is 1. The van der Waals surface area contributed by atoms with Crippen LogP contribution in [0.2, 0.25) is 0 Å². The van der Waals surface area contributed by atoms with E-state index in [2.05, 4.69) is 21.2 Å². The Hall–Kier alpha value is -1.26. The number of anilines is 1. The predicted octanol–water partition coefficient (Wildman–Crippen LogP) is 4.73. The van der Waals surface area contributed by atoms with Gasteiger partial charge in [-0.05, 0) is 65.5 Å². The van der Waals surface area contributed by atoms with E-state index < -0.39 is 0 Å². The van der Waals surface area contributed by atoms with Crippen LogP contribution in [0.3, 0.4) is 0 Å². The summed E-state index contributed by atoms with van der Waals surface area (Å²) < 4.78 is 0.802. The van der Waals surface area contributed by atoms with E-state index >= 15 is 0 Å². The first-order valence-electron chi connectivity index (χ1n) is 5.81. The van der Waals surface area contributed by atoms with Crippen molar-refractivity contribution in [1.82, 2.24) is 0 Å². The first-order chi connectivity index (χ1) is 9.10. The highest BCUT2D eigenvalue weighted by molar-refractivity contribution is 9.10. The zero-order valence-corrected chi connectivity index (χ0v) is 13.1. The van der Waals surface area contributed by atoms with E-state index in [0.717, 1.165) is 15.7 Å². The molecule has 2 aromatic carbocycles. The van der Waals surface area contributed by atoms with Crippen molar-refractivity contribution in [1.29, 1.82) is 0 Å². The van der Waals surface area contributed by atoms with Crippen molar-refractivity contribution < 1.29 is 4.79 Å². The Labute approximate surface area is 125 Å². The summed E-state index contributed by atoms with van der Waals surface area (Å²) in [5.41, 5.74) is 2.51.